The van der Waals surface area contributed by atoms with E-state index in [1.54, 1.807) is 4.90 Å². The van der Waals surface area contributed by atoms with E-state index < -0.39 is 22.8 Å². The number of nitrogens with zero attached hydrogens (tertiary/aromatic N) is 2. The van der Waals surface area contributed by atoms with Crippen LogP contribution in [0.15, 0.2) is 18.2 Å². The minimum Gasteiger partial charge on any atom is -0.444 e. The molecule has 0 aromatic heterocycles. The summed E-state index contributed by atoms with van der Waals surface area (Å²) in [5, 5.41) is 8.78. The fraction of sp³-hybridized carbons (Fsp3) is 0.474. The van der Waals surface area contributed by atoms with Crippen molar-refractivity contribution in [2.45, 2.75) is 57.7 Å². The van der Waals surface area contributed by atoms with E-state index in [0.717, 1.165) is 18.4 Å². The SMILES string of the molecule is CC(C)(C)OC(=O)N1C2C=C(c3cc(F)c(C#N)c(F)c3)CC1CC2. The van der Waals surface area contributed by atoms with Gasteiger partial charge < -0.3 is 4.74 Å². The van der Waals surface area contributed by atoms with Gasteiger partial charge in [-0.2, -0.15) is 5.26 Å². The van der Waals surface area contributed by atoms with E-state index in [9.17, 15) is 13.6 Å². The summed E-state index contributed by atoms with van der Waals surface area (Å²) in [6.07, 6.45) is 3.67. The van der Waals surface area contributed by atoms with Crippen LogP contribution in [0, 0.1) is 23.0 Å². The van der Waals surface area contributed by atoms with Gasteiger partial charge in [0.05, 0.1) is 6.04 Å². The van der Waals surface area contributed by atoms with Gasteiger partial charge in [0.25, 0.3) is 0 Å². The van der Waals surface area contributed by atoms with Gasteiger partial charge in [-0.05, 0) is 63.3 Å². The molecule has 1 fully saturated rings. The van der Waals surface area contributed by atoms with Crippen LogP contribution in [-0.2, 0) is 4.74 Å². The van der Waals surface area contributed by atoms with Gasteiger partial charge in [-0.1, -0.05) is 6.08 Å². The molecule has 4 nitrogen and oxygen atoms in total. The number of fused-ring (bicyclic) bond motifs is 2. The summed E-state index contributed by atoms with van der Waals surface area (Å²) < 4.78 is 33.3. The first-order valence-electron chi connectivity index (χ1n) is 8.31. The molecule has 1 aromatic carbocycles. The lowest BCUT2D eigenvalue weighted by molar-refractivity contribution is 0.0175. The summed E-state index contributed by atoms with van der Waals surface area (Å²) in [7, 11) is 0. The number of hydrogen-bond donors (Lipinski definition) is 0. The van der Waals surface area contributed by atoms with Crippen LogP contribution in [0.25, 0.3) is 5.57 Å². The monoisotopic (exact) mass is 346 g/mol. The molecule has 0 spiro atoms. The number of hydrogen-bond acceptors (Lipinski definition) is 3. The Balaban J connectivity index is 1.88. The average Bonchev–Trinajstić information content (AvgIpc) is 2.76. The Morgan fingerprint density at radius 3 is 2.44 bits per heavy atom. The van der Waals surface area contributed by atoms with Crippen molar-refractivity contribution in [2.24, 2.45) is 0 Å². The molecule has 132 valence electrons. The summed E-state index contributed by atoms with van der Waals surface area (Å²) in [5.74, 6) is -1.72. The topological polar surface area (TPSA) is 53.3 Å². The van der Waals surface area contributed by atoms with Crippen molar-refractivity contribution in [3.8, 4) is 6.07 Å². The molecule has 0 aliphatic carbocycles. The van der Waals surface area contributed by atoms with Gasteiger partial charge in [0.2, 0.25) is 0 Å². The maximum Gasteiger partial charge on any atom is 0.411 e. The van der Waals surface area contributed by atoms with Gasteiger partial charge in [0, 0.05) is 6.04 Å². The summed E-state index contributed by atoms with van der Waals surface area (Å²) in [4.78, 5) is 14.2. The normalized spacial score (nSPS) is 22.4. The Morgan fingerprint density at radius 2 is 1.92 bits per heavy atom. The van der Waals surface area contributed by atoms with E-state index in [4.69, 9.17) is 10.00 Å². The van der Waals surface area contributed by atoms with Crippen molar-refractivity contribution in [1.82, 2.24) is 4.90 Å². The molecule has 2 aliphatic heterocycles. The van der Waals surface area contributed by atoms with E-state index in [2.05, 4.69) is 0 Å². The lowest BCUT2D eigenvalue weighted by Gasteiger charge is -2.35. The predicted octanol–water partition coefficient (Wildman–Crippen LogP) is 4.39. The molecular weight excluding hydrogens is 326 g/mol. The Hall–Kier alpha value is -2.42. The lowest BCUT2D eigenvalue weighted by atomic mass is 9.94. The number of halogens is 2. The highest BCUT2D eigenvalue weighted by molar-refractivity contribution is 5.75. The maximum atomic E-state index is 13.9. The van der Waals surface area contributed by atoms with Gasteiger partial charge >= 0.3 is 6.09 Å². The molecule has 2 atom stereocenters. The highest BCUT2D eigenvalue weighted by Gasteiger charge is 2.41. The van der Waals surface area contributed by atoms with Crippen LogP contribution in [0.1, 0.15) is 51.2 Å². The number of benzene rings is 1. The van der Waals surface area contributed by atoms with Gasteiger partial charge in [0.1, 0.15) is 28.9 Å². The molecule has 1 saturated heterocycles. The van der Waals surface area contributed by atoms with Gasteiger partial charge in [-0.15, -0.1) is 0 Å². The van der Waals surface area contributed by atoms with E-state index in [1.165, 1.54) is 18.2 Å². The van der Waals surface area contributed by atoms with Crippen LogP contribution in [-0.4, -0.2) is 28.7 Å². The second-order valence-electron chi connectivity index (χ2n) is 7.51. The number of rotatable bonds is 1. The molecule has 1 aromatic rings. The fourth-order valence-corrected chi connectivity index (χ4v) is 3.51. The van der Waals surface area contributed by atoms with Crippen molar-refractivity contribution in [3.05, 3.63) is 41.0 Å². The van der Waals surface area contributed by atoms with Gasteiger partial charge in [0.15, 0.2) is 0 Å². The molecule has 2 bridgehead atoms. The van der Waals surface area contributed by atoms with Crippen molar-refractivity contribution >= 4 is 11.7 Å². The van der Waals surface area contributed by atoms with Crippen LogP contribution in [0.2, 0.25) is 0 Å². The summed E-state index contributed by atoms with van der Waals surface area (Å²) in [6.45, 7) is 5.46. The Bertz CT molecular complexity index is 767. The molecule has 0 radical (unpaired) electrons. The highest BCUT2D eigenvalue weighted by Crippen LogP contribution is 2.39. The van der Waals surface area contributed by atoms with Crippen LogP contribution >= 0.6 is 0 Å². The largest absolute Gasteiger partial charge is 0.444 e. The minimum absolute atomic E-state index is 0.0402. The van der Waals surface area contributed by atoms with Crippen LogP contribution in [0.5, 0.6) is 0 Å². The van der Waals surface area contributed by atoms with E-state index >= 15 is 0 Å². The molecule has 2 aliphatic rings. The van der Waals surface area contributed by atoms with E-state index in [-0.39, 0.29) is 18.2 Å². The van der Waals surface area contributed by atoms with E-state index in [0.29, 0.717) is 12.0 Å². The maximum absolute atomic E-state index is 13.9. The second-order valence-corrected chi connectivity index (χ2v) is 7.51. The Kier molecular flexibility index (Phi) is 4.28. The van der Waals surface area contributed by atoms with Crippen LogP contribution in [0.3, 0.4) is 0 Å². The molecule has 3 rings (SSSR count). The molecule has 0 N–H and O–H groups in total. The minimum atomic E-state index is -0.861. The van der Waals surface area contributed by atoms with Gasteiger partial charge in [-0.25, -0.2) is 13.6 Å². The number of amides is 1. The average molecular weight is 346 g/mol. The van der Waals surface area contributed by atoms with Crippen molar-refractivity contribution in [2.75, 3.05) is 0 Å². The first kappa shape index (κ1) is 17.4. The van der Waals surface area contributed by atoms with E-state index in [1.807, 2.05) is 26.8 Å². The van der Waals surface area contributed by atoms with Crippen molar-refractivity contribution in [3.63, 3.8) is 0 Å². The Morgan fingerprint density at radius 1 is 1.28 bits per heavy atom. The molecule has 0 saturated carbocycles. The zero-order chi connectivity index (χ0) is 18.4. The van der Waals surface area contributed by atoms with Crippen LogP contribution in [0.4, 0.5) is 13.6 Å². The molecular formula is C19H20F2N2O2. The number of carbonyl (C=O) groups is 1. The fourth-order valence-electron chi connectivity index (χ4n) is 3.51. The quantitative estimate of drug-likeness (QED) is 0.758. The second kappa shape index (κ2) is 6.14. The number of carbonyl (C=O) groups excluding carboxylic acids is 1. The summed E-state index contributed by atoms with van der Waals surface area (Å²) in [5.41, 5.74) is 0.0859. The molecule has 2 heterocycles. The molecule has 2 unspecified atom stereocenters. The zero-order valence-corrected chi connectivity index (χ0v) is 14.5. The van der Waals surface area contributed by atoms with Crippen LogP contribution < -0.4 is 0 Å². The number of ether oxygens (including phenoxy) is 1. The Labute approximate surface area is 145 Å². The smallest absolute Gasteiger partial charge is 0.411 e. The molecule has 25 heavy (non-hydrogen) atoms. The lowest BCUT2D eigenvalue weighted by Crippen LogP contribution is -2.45. The standard InChI is InChI=1S/C19H20F2N2O2/c1-19(2,3)25-18(24)23-13-4-5-14(23)7-11(6-13)12-8-16(20)15(10-22)17(21)9-12/h6,8-9,13-14H,4-5,7H2,1-3H3. The third kappa shape index (κ3) is 3.37. The zero-order valence-electron chi connectivity index (χ0n) is 14.5. The summed E-state index contributed by atoms with van der Waals surface area (Å²) >= 11 is 0. The molecule has 1 amide bonds. The summed E-state index contributed by atoms with van der Waals surface area (Å²) in [6, 6.07) is 3.74. The highest BCUT2D eigenvalue weighted by atomic mass is 19.1. The van der Waals surface area contributed by atoms with Crippen molar-refractivity contribution < 1.29 is 18.3 Å². The van der Waals surface area contributed by atoms with Crippen molar-refractivity contribution in [1.29, 1.82) is 5.26 Å². The first-order chi connectivity index (χ1) is 11.7. The van der Waals surface area contributed by atoms with Gasteiger partial charge in [-0.3, -0.25) is 4.90 Å². The number of nitriles is 1. The first-order valence-corrected chi connectivity index (χ1v) is 8.31. The third-order valence-electron chi connectivity index (χ3n) is 4.52. The predicted molar refractivity (Wildman–Crippen MR) is 88.6 cm³/mol. The third-order valence-corrected chi connectivity index (χ3v) is 4.52. The molecule has 6 heteroatoms.